The van der Waals surface area contributed by atoms with Crippen LogP contribution in [0.1, 0.15) is 0 Å². The number of hydrogen-bond donors (Lipinski definition) is 0. The van der Waals surface area contributed by atoms with Crippen LogP contribution in [0.4, 0.5) is 5.69 Å². The molecule has 43 heavy (non-hydrogen) atoms. The zero-order chi connectivity index (χ0) is 30.9. The number of rotatable bonds is 33. The Kier molecular flexibility index (Phi) is 27.8. The molecular weight excluding hydrogens is 570 g/mol. The third-order valence-electron chi connectivity index (χ3n) is 5.08. The molecule has 0 unspecified atom stereocenters. The molecule has 0 radical (unpaired) electrons. The van der Waals surface area contributed by atoms with E-state index in [4.69, 9.17) is 58.5 Å². The fourth-order valence-electron chi connectivity index (χ4n) is 2.99. The Bertz CT molecular complexity index is 792. The van der Waals surface area contributed by atoms with E-state index in [1.54, 1.807) is 12.1 Å². The summed E-state index contributed by atoms with van der Waals surface area (Å²) < 4.78 is 59.3. The number of benzene rings is 1. The van der Waals surface area contributed by atoms with Crippen LogP contribution in [0.2, 0.25) is 0 Å². The third kappa shape index (κ3) is 26.9. The van der Waals surface area contributed by atoms with Gasteiger partial charge in [-0.2, -0.15) is 0 Å². The van der Waals surface area contributed by atoms with E-state index in [-0.39, 0.29) is 5.69 Å². The van der Waals surface area contributed by atoms with Gasteiger partial charge in [0.2, 0.25) is 0 Å². The predicted molar refractivity (Wildman–Crippen MR) is 156 cm³/mol. The first-order valence-electron chi connectivity index (χ1n) is 14.3. The second kappa shape index (κ2) is 31.0. The van der Waals surface area contributed by atoms with Crippen molar-refractivity contribution in [2.24, 2.45) is 0 Å². The summed E-state index contributed by atoms with van der Waals surface area (Å²) in [5.74, 6) is 2.95. The van der Waals surface area contributed by atoms with Crippen LogP contribution in [-0.4, -0.2) is 144 Å². The highest BCUT2D eigenvalue weighted by Gasteiger charge is 2.04. The Balaban J connectivity index is 1.66. The highest BCUT2D eigenvalue weighted by molar-refractivity contribution is 5.35. The van der Waals surface area contributed by atoms with Crippen molar-refractivity contribution in [1.82, 2.24) is 0 Å². The Morgan fingerprint density at radius 1 is 0.488 bits per heavy atom. The minimum absolute atomic E-state index is 0.0249. The van der Waals surface area contributed by atoms with Crippen LogP contribution in [0.3, 0.4) is 0 Å². The van der Waals surface area contributed by atoms with Gasteiger partial charge in [0.25, 0.3) is 5.69 Å². The molecule has 1 aromatic carbocycles. The van der Waals surface area contributed by atoms with Gasteiger partial charge in [0.1, 0.15) is 19.0 Å². The standard InChI is InChI=1S/C29H47NO13/c1-2-7-33-8-9-34-10-11-35-12-13-36-14-15-37-16-17-38-18-19-39-20-21-40-22-23-41-24-25-42-26-27-43-29-5-3-28(4-6-29)30(31)32/h1,3-6H,7-27H2. The first kappa shape index (κ1) is 38.6. The summed E-state index contributed by atoms with van der Waals surface area (Å²) in [4.78, 5) is 10.2. The topological polar surface area (TPSA) is 145 Å². The van der Waals surface area contributed by atoms with E-state index in [0.717, 1.165) is 0 Å². The van der Waals surface area contributed by atoms with E-state index in [1.165, 1.54) is 12.1 Å². The Labute approximate surface area is 254 Å². The molecule has 0 aliphatic heterocycles. The summed E-state index contributed by atoms with van der Waals surface area (Å²) in [5, 5.41) is 10.6. The van der Waals surface area contributed by atoms with E-state index in [1.807, 2.05) is 0 Å². The van der Waals surface area contributed by atoms with Gasteiger partial charge < -0.3 is 52.1 Å². The number of ether oxygens (including phenoxy) is 11. The lowest BCUT2D eigenvalue weighted by Gasteiger charge is -2.09. The van der Waals surface area contributed by atoms with Gasteiger partial charge in [-0.3, -0.25) is 10.1 Å². The van der Waals surface area contributed by atoms with E-state index in [0.29, 0.717) is 144 Å². The molecular formula is C29H47NO13. The average molecular weight is 618 g/mol. The summed E-state index contributed by atoms with van der Waals surface area (Å²) in [6.07, 6.45) is 5.07. The van der Waals surface area contributed by atoms with Gasteiger partial charge in [-0.15, -0.1) is 6.42 Å². The zero-order valence-electron chi connectivity index (χ0n) is 25.0. The summed E-state index contributed by atoms with van der Waals surface area (Å²) in [5.41, 5.74) is 0.0249. The van der Waals surface area contributed by atoms with Crippen molar-refractivity contribution in [3.63, 3.8) is 0 Å². The van der Waals surface area contributed by atoms with Gasteiger partial charge >= 0.3 is 0 Å². The normalized spacial score (nSPS) is 11.0. The maximum atomic E-state index is 10.6. The van der Waals surface area contributed by atoms with Gasteiger partial charge in [0, 0.05) is 12.1 Å². The number of nitro groups is 1. The lowest BCUT2D eigenvalue weighted by atomic mass is 10.3. The van der Waals surface area contributed by atoms with Crippen molar-refractivity contribution in [2.75, 3.05) is 139 Å². The number of nitro benzene ring substituents is 1. The molecule has 1 aromatic rings. The van der Waals surface area contributed by atoms with Crippen LogP contribution in [0, 0.1) is 22.5 Å². The average Bonchev–Trinajstić information content (AvgIpc) is 3.02. The molecule has 0 aliphatic rings. The minimum Gasteiger partial charge on any atom is -0.491 e. The predicted octanol–water partition coefficient (Wildman–Crippen LogP) is 1.77. The Morgan fingerprint density at radius 3 is 1.05 bits per heavy atom. The Hall–Kier alpha value is -2.42. The van der Waals surface area contributed by atoms with Crippen molar-refractivity contribution < 1.29 is 57.0 Å². The van der Waals surface area contributed by atoms with Crippen LogP contribution in [-0.2, 0) is 47.4 Å². The molecule has 0 saturated carbocycles. The van der Waals surface area contributed by atoms with E-state index >= 15 is 0 Å². The molecule has 0 spiro atoms. The first-order chi connectivity index (χ1) is 21.2. The van der Waals surface area contributed by atoms with Gasteiger partial charge in [0.05, 0.1) is 130 Å². The van der Waals surface area contributed by atoms with Gasteiger partial charge in [-0.05, 0) is 12.1 Å². The second-order valence-corrected chi connectivity index (χ2v) is 8.37. The SMILES string of the molecule is C#CCOCCOCCOCCOCCOCCOCCOCCOCCOCCOCCOc1ccc([N+](=O)[O-])cc1. The van der Waals surface area contributed by atoms with Gasteiger partial charge in [0.15, 0.2) is 0 Å². The molecule has 0 bridgehead atoms. The molecule has 1 rings (SSSR count). The number of hydrogen-bond acceptors (Lipinski definition) is 13. The molecule has 0 heterocycles. The third-order valence-corrected chi connectivity index (χ3v) is 5.08. The molecule has 0 amide bonds. The molecule has 0 atom stereocenters. The maximum absolute atomic E-state index is 10.6. The van der Waals surface area contributed by atoms with Crippen LogP contribution in [0.5, 0.6) is 5.75 Å². The minimum atomic E-state index is -0.453. The smallest absolute Gasteiger partial charge is 0.269 e. The van der Waals surface area contributed by atoms with Crippen molar-refractivity contribution in [1.29, 1.82) is 0 Å². The number of nitrogens with zero attached hydrogens (tertiary/aromatic N) is 1. The summed E-state index contributed by atoms with van der Waals surface area (Å²) in [7, 11) is 0. The number of non-ortho nitro benzene ring substituents is 1. The monoisotopic (exact) mass is 617 g/mol. The summed E-state index contributed by atoms with van der Waals surface area (Å²) in [6.45, 7) is 9.75. The molecule has 0 N–H and O–H groups in total. The fourth-order valence-corrected chi connectivity index (χ4v) is 2.99. The summed E-state index contributed by atoms with van der Waals surface area (Å²) in [6, 6.07) is 5.90. The molecule has 14 heteroatoms. The van der Waals surface area contributed by atoms with E-state index in [9.17, 15) is 10.1 Å². The molecule has 0 aromatic heterocycles. The Morgan fingerprint density at radius 2 is 0.767 bits per heavy atom. The lowest BCUT2D eigenvalue weighted by molar-refractivity contribution is -0.384. The maximum Gasteiger partial charge on any atom is 0.269 e. The molecule has 246 valence electrons. The quantitative estimate of drug-likeness (QED) is 0.0489. The van der Waals surface area contributed by atoms with Gasteiger partial charge in [-0.25, -0.2) is 0 Å². The molecule has 0 saturated heterocycles. The highest BCUT2D eigenvalue weighted by Crippen LogP contribution is 2.17. The van der Waals surface area contributed by atoms with Crippen molar-refractivity contribution in [2.45, 2.75) is 0 Å². The largest absolute Gasteiger partial charge is 0.491 e. The highest BCUT2D eigenvalue weighted by atomic mass is 16.6. The van der Waals surface area contributed by atoms with Crippen LogP contribution in [0.15, 0.2) is 24.3 Å². The lowest BCUT2D eigenvalue weighted by Crippen LogP contribution is -2.15. The van der Waals surface area contributed by atoms with Crippen molar-refractivity contribution >= 4 is 5.69 Å². The molecule has 0 fully saturated rings. The second-order valence-electron chi connectivity index (χ2n) is 8.37. The molecule has 14 nitrogen and oxygen atoms in total. The first-order valence-corrected chi connectivity index (χ1v) is 14.3. The van der Waals surface area contributed by atoms with Crippen LogP contribution < -0.4 is 4.74 Å². The zero-order valence-corrected chi connectivity index (χ0v) is 25.0. The van der Waals surface area contributed by atoms with Crippen molar-refractivity contribution in [3.8, 4) is 18.1 Å². The number of terminal acetylenes is 1. The molecule has 0 aliphatic carbocycles. The van der Waals surface area contributed by atoms with E-state index < -0.39 is 4.92 Å². The van der Waals surface area contributed by atoms with Crippen LogP contribution in [0.25, 0.3) is 0 Å². The van der Waals surface area contributed by atoms with Gasteiger partial charge in [-0.1, -0.05) is 5.92 Å². The van der Waals surface area contributed by atoms with E-state index in [2.05, 4.69) is 5.92 Å². The van der Waals surface area contributed by atoms with Crippen LogP contribution >= 0.6 is 0 Å². The summed E-state index contributed by atoms with van der Waals surface area (Å²) >= 11 is 0. The van der Waals surface area contributed by atoms with Crippen molar-refractivity contribution in [3.05, 3.63) is 34.4 Å². The fraction of sp³-hybridized carbons (Fsp3) is 0.724.